The van der Waals surface area contributed by atoms with E-state index in [9.17, 15) is 8.78 Å². The smallest absolute Gasteiger partial charge is 0.422 e. The van der Waals surface area contributed by atoms with Crippen LogP contribution in [-0.4, -0.2) is 6.11 Å². The molecule has 2 aliphatic rings. The van der Waals surface area contributed by atoms with E-state index in [0.717, 1.165) is 12.8 Å². The molecule has 0 heterocycles. The van der Waals surface area contributed by atoms with Gasteiger partial charge in [-0.15, -0.1) is 0 Å². The molecule has 0 saturated heterocycles. The molecule has 0 aromatic carbocycles. The van der Waals surface area contributed by atoms with Crippen LogP contribution >= 0.6 is 0 Å². The molecule has 1 atom stereocenters. The number of rotatable bonds is 3. The molecule has 1 nitrogen and oxygen atoms in total. The molecule has 0 fully saturated rings. The van der Waals surface area contributed by atoms with Gasteiger partial charge >= 0.3 is 6.11 Å². The number of ether oxygens (including phenoxy) is 1. The van der Waals surface area contributed by atoms with Gasteiger partial charge in [0.15, 0.2) is 0 Å². The van der Waals surface area contributed by atoms with E-state index in [1.807, 2.05) is 0 Å². The Hall–Kier alpha value is -0.860. The molecule has 3 heteroatoms. The minimum absolute atomic E-state index is 0.122. The molecule has 0 saturated carbocycles. The molecule has 0 unspecified atom stereocenters. The van der Waals surface area contributed by atoms with Crippen molar-refractivity contribution in [1.29, 1.82) is 0 Å². The third-order valence-electron chi connectivity index (χ3n) is 2.67. The Bertz CT molecular complexity index is 292. The van der Waals surface area contributed by atoms with Gasteiger partial charge in [0, 0.05) is 12.0 Å². The Labute approximate surface area is 82.4 Å². The lowest BCUT2D eigenvalue weighted by molar-refractivity contribution is -0.181. The van der Waals surface area contributed by atoms with E-state index in [2.05, 4.69) is 6.92 Å². The summed E-state index contributed by atoms with van der Waals surface area (Å²) >= 11 is 0. The third kappa shape index (κ3) is 2.14. The number of hydrogen-bond donors (Lipinski definition) is 0. The van der Waals surface area contributed by atoms with Crippen molar-refractivity contribution in [3.63, 3.8) is 0 Å². The fourth-order valence-corrected chi connectivity index (χ4v) is 1.55. The highest BCUT2D eigenvalue weighted by atomic mass is 19.3. The minimum Gasteiger partial charge on any atom is -0.434 e. The van der Waals surface area contributed by atoms with Crippen LogP contribution in [0, 0.1) is 5.92 Å². The number of halogens is 2. The second kappa shape index (κ2) is 3.37. The summed E-state index contributed by atoms with van der Waals surface area (Å²) in [5, 5.41) is 0. The summed E-state index contributed by atoms with van der Waals surface area (Å²) in [6.45, 7) is 2.12. The van der Waals surface area contributed by atoms with Gasteiger partial charge in [0.1, 0.15) is 0 Å². The Morgan fingerprint density at radius 2 is 2.14 bits per heavy atom. The van der Waals surface area contributed by atoms with E-state index in [4.69, 9.17) is 4.74 Å². The number of hydrogen-bond acceptors (Lipinski definition) is 1. The van der Waals surface area contributed by atoms with Crippen LogP contribution in [0.5, 0.6) is 0 Å². The minimum atomic E-state index is -3.05. The highest BCUT2D eigenvalue weighted by Crippen LogP contribution is 2.40. The first-order valence-electron chi connectivity index (χ1n) is 5.03. The summed E-state index contributed by atoms with van der Waals surface area (Å²) in [6, 6.07) is 0. The maximum Gasteiger partial charge on any atom is 0.422 e. The zero-order chi connectivity index (χ0) is 10.2. The van der Waals surface area contributed by atoms with E-state index < -0.39 is 6.11 Å². The molecule has 0 spiro atoms. The first-order valence-corrected chi connectivity index (χ1v) is 5.03. The highest BCUT2D eigenvalue weighted by Gasteiger charge is 2.41. The molecule has 0 N–H and O–H groups in total. The largest absolute Gasteiger partial charge is 0.434 e. The maximum absolute atomic E-state index is 13.2. The van der Waals surface area contributed by atoms with E-state index in [0.29, 0.717) is 24.5 Å². The summed E-state index contributed by atoms with van der Waals surface area (Å²) in [5.41, 5.74) is 0.122. The van der Waals surface area contributed by atoms with Gasteiger partial charge in [-0.05, 0) is 31.3 Å². The molecule has 0 aromatic heterocycles. The predicted molar refractivity (Wildman–Crippen MR) is 49.8 cm³/mol. The van der Waals surface area contributed by atoms with Crippen LogP contribution in [0.1, 0.15) is 32.6 Å². The second-order valence-corrected chi connectivity index (χ2v) is 4.10. The average molecular weight is 200 g/mol. The highest BCUT2D eigenvalue weighted by molar-refractivity contribution is 5.27. The Morgan fingerprint density at radius 1 is 1.43 bits per heavy atom. The standard InChI is InChI=1S/C11H14F2O/c1-8-2-6-10(7-3-8)14-11(12,13)9-4-5-9/h4,6,8H,2-3,5,7H2,1H3/t8-/m0/s1. The number of allylic oxidation sites excluding steroid dienone is 3. The molecule has 2 aliphatic carbocycles. The summed E-state index contributed by atoms with van der Waals surface area (Å²) in [4.78, 5) is 0. The molecule has 78 valence electrons. The molecular formula is C11H14F2O. The van der Waals surface area contributed by atoms with Crippen molar-refractivity contribution in [2.45, 2.75) is 38.7 Å². The van der Waals surface area contributed by atoms with Crippen molar-refractivity contribution >= 4 is 0 Å². The second-order valence-electron chi connectivity index (χ2n) is 4.10. The maximum atomic E-state index is 13.2. The van der Waals surface area contributed by atoms with Gasteiger partial charge in [0.25, 0.3) is 0 Å². The summed E-state index contributed by atoms with van der Waals surface area (Å²) < 4.78 is 31.0. The van der Waals surface area contributed by atoms with E-state index in [1.54, 1.807) is 6.08 Å². The van der Waals surface area contributed by atoms with Crippen molar-refractivity contribution in [3.05, 3.63) is 23.5 Å². The zero-order valence-electron chi connectivity index (χ0n) is 8.22. The first kappa shape index (κ1) is 9.69. The van der Waals surface area contributed by atoms with Crippen molar-refractivity contribution in [1.82, 2.24) is 0 Å². The van der Waals surface area contributed by atoms with Gasteiger partial charge in [-0.25, -0.2) is 0 Å². The Morgan fingerprint density at radius 3 is 2.64 bits per heavy atom. The Balaban J connectivity index is 1.94. The molecule has 0 amide bonds. The predicted octanol–water partition coefficient (Wildman–Crippen LogP) is 3.63. The van der Waals surface area contributed by atoms with Gasteiger partial charge in [-0.2, -0.15) is 8.78 Å². The van der Waals surface area contributed by atoms with Crippen LogP contribution in [0.3, 0.4) is 0 Å². The molecule has 0 aromatic rings. The molecule has 14 heavy (non-hydrogen) atoms. The van der Waals surface area contributed by atoms with Crippen molar-refractivity contribution in [2.24, 2.45) is 5.92 Å². The molecular weight excluding hydrogens is 186 g/mol. The molecule has 0 aliphatic heterocycles. The van der Waals surface area contributed by atoms with Gasteiger partial charge in [0.2, 0.25) is 0 Å². The average Bonchev–Trinajstić information content (AvgIpc) is 2.91. The van der Waals surface area contributed by atoms with Crippen LogP contribution in [-0.2, 0) is 4.74 Å². The van der Waals surface area contributed by atoms with Crippen LogP contribution in [0.25, 0.3) is 0 Å². The van der Waals surface area contributed by atoms with Crippen molar-refractivity contribution < 1.29 is 13.5 Å². The fourth-order valence-electron chi connectivity index (χ4n) is 1.55. The van der Waals surface area contributed by atoms with Crippen LogP contribution < -0.4 is 0 Å². The fraction of sp³-hybridized carbons (Fsp3) is 0.636. The summed E-state index contributed by atoms with van der Waals surface area (Å²) in [7, 11) is 0. The van der Waals surface area contributed by atoms with Gasteiger partial charge in [-0.1, -0.05) is 13.0 Å². The van der Waals surface area contributed by atoms with E-state index in [1.165, 1.54) is 6.08 Å². The summed E-state index contributed by atoms with van der Waals surface area (Å²) in [5.74, 6) is 1.05. The lowest BCUT2D eigenvalue weighted by Gasteiger charge is -2.22. The quantitative estimate of drug-likeness (QED) is 0.632. The monoisotopic (exact) mass is 200 g/mol. The van der Waals surface area contributed by atoms with Gasteiger partial charge in [-0.3, -0.25) is 0 Å². The van der Waals surface area contributed by atoms with Crippen LogP contribution in [0.15, 0.2) is 23.5 Å². The lowest BCUT2D eigenvalue weighted by Crippen LogP contribution is -2.20. The molecule has 2 rings (SSSR count). The van der Waals surface area contributed by atoms with E-state index in [-0.39, 0.29) is 5.57 Å². The molecule has 0 bridgehead atoms. The summed E-state index contributed by atoms with van der Waals surface area (Å²) in [6.07, 6.45) is 3.09. The van der Waals surface area contributed by atoms with Gasteiger partial charge < -0.3 is 4.74 Å². The third-order valence-corrected chi connectivity index (χ3v) is 2.67. The van der Waals surface area contributed by atoms with Crippen molar-refractivity contribution in [3.8, 4) is 0 Å². The van der Waals surface area contributed by atoms with Crippen molar-refractivity contribution in [2.75, 3.05) is 0 Å². The zero-order valence-corrected chi connectivity index (χ0v) is 8.22. The van der Waals surface area contributed by atoms with Crippen LogP contribution in [0.2, 0.25) is 0 Å². The van der Waals surface area contributed by atoms with E-state index >= 15 is 0 Å². The molecule has 0 radical (unpaired) electrons. The number of alkyl halides is 2. The Kier molecular flexibility index (Phi) is 2.33. The van der Waals surface area contributed by atoms with Gasteiger partial charge in [0.05, 0.1) is 5.76 Å². The SMILES string of the molecule is C[C@H]1CC=C(OC(F)(F)C2=CC2)CC1. The lowest BCUT2D eigenvalue weighted by atomic mass is 9.95. The topological polar surface area (TPSA) is 9.23 Å². The van der Waals surface area contributed by atoms with Crippen LogP contribution in [0.4, 0.5) is 8.78 Å². The normalized spacial score (nSPS) is 26.6. The first-order chi connectivity index (χ1) is 6.58.